The highest BCUT2D eigenvalue weighted by atomic mass is 79.9. The average Bonchev–Trinajstić information content (AvgIpc) is 2.81. The molecule has 0 aliphatic rings. The van der Waals surface area contributed by atoms with Gasteiger partial charge >= 0.3 is 0 Å². The van der Waals surface area contributed by atoms with Gasteiger partial charge in [0, 0.05) is 5.02 Å². The Kier molecular flexibility index (Phi) is 3.84. The van der Waals surface area contributed by atoms with Gasteiger partial charge in [0.25, 0.3) is 0 Å². The van der Waals surface area contributed by atoms with Crippen LogP contribution in [0, 0.1) is 6.92 Å². The summed E-state index contributed by atoms with van der Waals surface area (Å²) in [5, 5.41) is 8.98. The lowest BCUT2D eigenvalue weighted by Gasteiger charge is -2.03. The van der Waals surface area contributed by atoms with E-state index in [-0.39, 0.29) is 4.83 Å². The van der Waals surface area contributed by atoms with Crippen LogP contribution in [-0.4, -0.2) is 15.0 Å². The molecule has 0 fully saturated rings. The average molecular weight is 315 g/mol. The summed E-state index contributed by atoms with van der Waals surface area (Å²) in [7, 11) is 0. The van der Waals surface area contributed by atoms with Crippen molar-refractivity contribution < 1.29 is 0 Å². The van der Waals surface area contributed by atoms with Crippen molar-refractivity contribution in [2.75, 3.05) is 0 Å². The van der Waals surface area contributed by atoms with E-state index in [4.69, 9.17) is 11.6 Å². The molecule has 2 aromatic rings. The summed E-state index contributed by atoms with van der Waals surface area (Å²) in [6.45, 7) is 4.08. The molecular weight excluding hydrogens is 302 g/mol. The summed E-state index contributed by atoms with van der Waals surface area (Å²) < 4.78 is 1.74. The molecule has 1 heterocycles. The van der Waals surface area contributed by atoms with Crippen molar-refractivity contribution >= 4 is 27.5 Å². The van der Waals surface area contributed by atoms with Crippen LogP contribution in [0.25, 0.3) is 5.69 Å². The Bertz CT molecular complexity index is 524. The molecule has 2 rings (SSSR count). The van der Waals surface area contributed by atoms with Gasteiger partial charge in [-0.3, -0.25) is 0 Å². The van der Waals surface area contributed by atoms with Crippen molar-refractivity contribution in [1.82, 2.24) is 15.0 Å². The van der Waals surface area contributed by atoms with Gasteiger partial charge in [0.05, 0.1) is 22.4 Å². The number of alkyl halides is 1. The summed E-state index contributed by atoms with van der Waals surface area (Å²) in [4.78, 5) is 0.247. The van der Waals surface area contributed by atoms with Crippen LogP contribution >= 0.6 is 27.5 Å². The molecule has 5 heteroatoms. The molecule has 1 aromatic heterocycles. The van der Waals surface area contributed by atoms with Crippen LogP contribution in [0.1, 0.15) is 29.4 Å². The first kappa shape index (κ1) is 12.6. The monoisotopic (exact) mass is 313 g/mol. The molecule has 0 saturated heterocycles. The quantitative estimate of drug-likeness (QED) is 0.799. The fourth-order valence-corrected chi connectivity index (χ4v) is 1.86. The van der Waals surface area contributed by atoms with Crippen LogP contribution in [-0.2, 0) is 0 Å². The third-order valence-electron chi connectivity index (χ3n) is 2.61. The second-order valence-electron chi connectivity index (χ2n) is 3.90. The maximum Gasteiger partial charge on any atom is 0.0967 e. The highest BCUT2D eigenvalue weighted by Gasteiger charge is 2.10. The van der Waals surface area contributed by atoms with Gasteiger partial charge in [-0.15, -0.1) is 5.10 Å². The van der Waals surface area contributed by atoms with E-state index in [2.05, 4.69) is 33.2 Å². The van der Waals surface area contributed by atoms with E-state index in [1.54, 1.807) is 4.68 Å². The van der Waals surface area contributed by atoms with E-state index in [1.807, 2.05) is 31.3 Å². The largest absolute Gasteiger partial charge is 0.220 e. The minimum absolute atomic E-state index is 0.247. The number of benzene rings is 1. The number of aryl methyl sites for hydroxylation is 1. The normalized spacial score (nSPS) is 12.7. The smallest absolute Gasteiger partial charge is 0.0967 e. The van der Waals surface area contributed by atoms with Gasteiger partial charge in [-0.25, -0.2) is 4.68 Å². The first-order valence-electron chi connectivity index (χ1n) is 5.44. The molecule has 0 bridgehead atoms. The third kappa shape index (κ3) is 2.69. The van der Waals surface area contributed by atoms with Gasteiger partial charge in [-0.2, -0.15) is 0 Å². The SMILES string of the molecule is CCC(Br)c1cn(-c2ccc(C)c(Cl)c2)nn1. The highest BCUT2D eigenvalue weighted by Crippen LogP contribution is 2.25. The minimum Gasteiger partial charge on any atom is -0.220 e. The molecule has 0 saturated carbocycles. The number of rotatable bonds is 3. The van der Waals surface area contributed by atoms with Gasteiger partial charge in [0.15, 0.2) is 0 Å². The van der Waals surface area contributed by atoms with Gasteiger partial charge in [-0.1, -0.05) is 45.7 Å². The summed E-state index contributed by atoms with van der Waals surface area (Å²) >= 11 is 9.64. The molecule has 1 atom stereocenters. The second-order valence-corrected chi connectivity index (χ2v) is 5.41. The lowest BCUT2D eigenvalue weighted by Crippen LogP contribution is -1.95. The summed E-state index contributed by atoms with van der Waals surface area (Å²) in [5.41, 5.74) is 2.92. The number of halogens is 2. The lowest BCUT2D eigenvalue weighted by molar-refractivity contribution is 0.790. The van der Waals surface area contributed by atoms with Crippen LogP contribution < -0.4 is 0 Å². The number of aromatic nitrogens is 3. The molecule has 0 amide bonds. The molecule has 0 radical (unpaired) electrons. The van der Waals surface area contributed by atoms with Crippen LogP contribution in [0.15, 0.2) is 24.4 Å². The Balaban J connectivity index is 2.33. The fraction of sp³-hybridized carbons (Fsp3) is 0.333. The van der Waals surface area contributed by atoms with Crippen molar-refractivity contribution in [2.45, 2.75) is 25.1 Å². The molecule has 0 N–H and O–H groups in total. The maximum atomic E-state index is 6.09. The van der Waals surface area contributed by atoms with E-state index >= 15 is 0 Å². The summed E-state index contributed by atoms with van der Waals surface area (Å²) in [6.07, 6.45) is 2.90. The molecule has 1 unspecified atom stereocenters. The minimum atomic E-state index is 0.247. The predicted molar refractivity (Wildman–Crippen MR) is 73.1 cm³/mol. The number of hydrogen-bond acceptors (Lipinski definition) is 2. The van der Waals surface area contributed by atoms with Crippen LogP contribution in [0.4, 0.5) is 0 Å². The molecule has 1 aromatic carbocycles. The van der Waals surface area contributed by atoms with E-state index in [1.165, 1.54) is 0 Å². The van der Waals surface area contributed by atoms with Gasteiger partial charge < -0.3 is 0 Å². The number of nitrogens with zero attached hydrogens (tertiary/aromatic N) is 3. The van der Waals surface area contributed by atoms with Crippen molar-refractivity contribution in [3.8, 4) is 5.69 Å². The van der Waals surface area contributed by atoms with Gasteiger partial charge in [0.1, 0.15) is 0 Å². The van der Waals surface area contributed by atoms with Gasteiger partial charge in [-0.05, 0) is 31.0 Å². The second kappa shape index (κ2) is 5.19. The van der Waals surface area contributed by atoms with Crippen LogP contribution in [0.3, 0.4) is 0 Å². The summed E-state index contributed by atoms with van der Waals surface area (Å²) in [6, 6.07) is 5.85. The number of hydrogen-bond donors (Lipinski definition) is 0. The molecular formula is C12H13BrClN3. The van der Waals surface area contributed by atoms with Crippen LogP contribution in [0.2, 0.25) is 5.02 Å². The van der Waals surface area contributed by atoms with E-state index in [9.17, 15) is 0 Å². The zero-order valence-corrected chi connectivity index (χ0v) is 12.0. The Morgan fingerprint density at radius 2 is 2.24 bits per heavy atom. The van der Waals surface area contributed by atoms with Crippen molar-refractivity contribution in [3.05, 3.63) is 40.7 Å². The fourth-order valence-electron chi connectivity index (χ4n) is 1.48. The van der Waals surface area contributed by atoms with Gasteiger partial charge in [0.2, 0.25) is 0 Å². The predicted octanol–water partition coefficient (Wildman–Crippen LogP) is 4.08. The standard InChI is InChI=1S/C12H13BrClN3/c1-3-10(13)12-7-17(16-15-12)9-5-4-8(2)11(14)6-9/h4-7,10H,3H2,1-2H3. The lowest BCUT2D eigenvalue weighted by atomic mass is 10.2. The first-order chi connectivity index (χ1) is 8.11. The molecule has 90 valence electrons. The molecule has 0 spiro atoms. The van der Waals surface area contributed by atoms with Crippen molar-refractivity contribution in [3.63, 3.8) is 0 Å². The molecule has 0 aliphatic heterocycles. The first-order valence-corrected chi connectivity index (χ1v) is 6.74. The van der Waals surface area contributed by atoms with Crippen LogP contribution in [0.5, 0.6) is 0 Å². The molecule has 0 aliphatic carbocycles. The zero-order chi connectivity index (χ0) is 12.4. The zero-order valence-electron chi connectivity index (χ0n) is 9.69. The Morgan fingerprint density at radius 3 is 2.88 bits per heavy atom. The Hall–Kier alpha value is -0.870. The molecule has 17 heavy (non-hydrogen) atoms. The third-order valence-corrected chi connectivity index (χ3v) is 4.13. The van der Waals surface area contributed by atoms with E-state index in [0.29, 0.717) is 0 Å². The van der Waals surface area contributed by atoms with Crippen molar-refractivity contribution in [1.29, 1.82) is 0 Å². The maximum absolute atomic E-state index is 6.09. The topological polar surface area (TPSA) is 30.7 Å². The summed E-state index contributed by atoms with van der Waals surface area (Å²) in [5.74, 6) is 0. The Labute approximate surface area is 114 Å². The van der Waals surface area contributed by atoms with E-state index in [0.717, 1.165) is 28.4 Å². The Morgan fingerprint density at radius 1 is 1.47 bits per heavy atom. The van der Waals surface area contributed by atoms with E-state index < -0.39 is 0 Å². The molecule has 3 nitrogen and oxygen atoms in total. The highest BCUT2D eigenvalue weighted by molar-refractivity contribution is 9.09. The van der Waals surface area contributed by atoms with Crippen molar-refractivity contribution in [2.24, 2.45) is 0 Å².